The maximum atomic E-state index is 12.3. The predicted molar refractivity (Wildman–Crippen MR) is 114 cm³/mol. The molecule has 1 aromatic rings. The summed E-state index contributed by atoms with van der Waals surface area (Å²) in [7, 11) is -2.94. The van der Waals surface area contributed by atoms with Gasteiger partial charge in [0.2, 0.25) is 5.91 Å². The van der Waals surface area contributed by atoms with E-state index >= 15 is 0 Å². The lowest BCUT2D eigenvalue weighted by Crippen LogP contribution is -2.49. The standard InChI is InChI=1S/C20H28N4O5S/c25-19(22-27)6-5-16-3-1-2-4-18(16)24-9-7-17(8-10-24)21-20(26)15-23-11-13-30(28,29)14-12-23/h1-6,17,27H,7-15H2,(H,21,26)(H,22,25). The molecule has 0 bridgehead atoms. The van der Waals surface area contributed by atoms with Crippen LogP contribution in [0.25, 0.3) is 6.08 Å². The summed E-state index contributed by atoms with van der Waals surface area (Å²) in [6.07, 6.45) is 4.54. The number of benzene rings is 1. The Hall–Kier alpha value is -2.43. The molecule has 10 heteroatoms. The molecule has 0 aliphatic carbocycles. The lowest BCUT2D eigenvalue weighted by Gasteiger charge is -2.35. The minimum Gasteiger partial charge on any atom is -0.371 e. The number of piperidine rings is 1. The molecule has 1 aromatic carbocycles. The minimum atomic E-state index is -2.94. The van der Waals surface area contributed by atoms with Crippen LogP contribution in [0, 0.1) is 0 Å². The number of amides is 2. The highest BCUT2D eigenvalue weighted by atomic mass is 32.2. The Bertz CT molecular complexity index is 880. The van der Waals surface area contributed by atoms with Crippen LogP contribution in [-0.2, 0) is 19.4 Å². The lowest BCUT2D eigenvalue weighted by molar-refractivity contribution is -0.124. The first kappa shape index (κ1) is 22.3. The Balaban J connectivity index is 1.49. The Morgan fingerprint density at radius 3 is 2.43 bits per heavy atom. The van der Waals surface area contributed by atoms with Crippen LogP contribution in [0.15, 0.2) is 30.3 Å². The van der Waals surface area contributed by atoms with Gasteiger partial charge in [0.25, 0.3) is 5.91 Å². The summed E-state index contributed by atoms with van der Waals surface area (Å²) in [6.45, 7) is 2.59. The topological polar surface area (TPSA) is 119 Å². The third-order valence-electron chi connectivity index (χ3n) is 5.47. The normalized spacial score (nSPS) is 20.2. The minimum absolute atomic E-state index is 0.0638. The first-order valence-electron chi connectivity index (χ1n) is 10.0. The van der Waals surface area contributed by atoms with Crippen molar-refractivity contribution < 1.29 is 23.2 Å². The smallest absolute Gasteiger partial charge is 0.267 e. The molecule has 2 heterocycles. The second-order valence-corrected chi connectivity index (χ2v) is 9.93. The Morgan fingerprint density at radius 1 is 1.10 bits per heavy atom. The fourth-order valence-electron chi connectivity index (χ4n) is 3.77. The number of hydrogen-bond acceptors (Lipinski definition) is 7. The van der Waals surface area contributed by atoms with Gasteiger partial charge in [-0.1, -0.05) is 18.2 Å². The van der Waals surface area contributed by atoms with Crippen molar-refractivity contribution in [1.29, 1.82) is 0 Å². The molecule has 30 heavy (non-hydrogen) atoms. The molecule has 0 spiro atoms. The highest BCUT2D eigenvalue weighted by molar-refractivity contribution is 7.91. The molecule has 2 aliphatic rings. The zero-order valence-corrected chi connectivity index (χ0v) is 17.6. The summed E-state index contributed by atoms with van der Waals surface area (Å²) in [5, 5.41) is 11.7. The van der Waals surface area contributed by atoms with Crippen LogP contribution in [0.3, 0.4) is 0 Å². The Kier molecular flexibility index (Phi) is 7.46. The van der Waals surface area contributed by atoms with Crippen LogP contribution < -0.4 is 15.7 Å². The zero-order valence-electron chi connectivity index (χ0n) is 16.8. The number of carbonyl (C=O) groups is 2. The number of sulfone groups is 1. The first-order valence-corrected chi connectivity index (χ1v) is 11.9. The fraction of sp³-hybridized carbons (Fsp3) is 0.500. The highest BCUT2D eigenvalue weighted by Crippen LogP contribution is 2.25. The molecule has 2 fully saturated rings. The SMILES string of the molecule is O=C(C=Cc1ccccc1N1CCC(NC(=O)CN2CCS(=O)(=O)CC2)CC1)NO. The number of anilines is 1. The summed E-state index contributed by atoms with van der Waals surface area (Å²) in [5.41, 5.74) is 3.46. The van der Waals surface area contributed by atoms with Gasteiger partial charge in [-0.2, -0.15) is 0 Å². The van der Waals surface area contributed by atoms with Gasteiger partial charge in [0.05, 0.1) is 18.1 Å². The summed E-state index contributed by atoms with van der Waals surface area (Å²) in [4.78, 5) is 27.7. The maximum Gasteiger partial charge on any atom is 0.267 e. The van der Waals surface area contributed by atoms with Crippen molar-refractivity contribution in [3.05, 3.63) is 35.9 Å². The van der Waals surface area contributed by atoms with E-state index in [1.54, 1.807) is 11.6 Å². The Labute approximate surface area is 176 Å². The van der Waals surface area contributed by atoms with Crippen LogP contribution in [0.5, 0.6) is 0 Å². The molecule has 0 saturated carbocycles. The lowest BCUT2D eigenvalue weighted by atomic mass is 10.0. The van der Waals surface area contributed by atoms with Gasteiger partial charge in [-0.05, 0) is 30.5 Å². The molecule has 3 N–H and O–H groups in total. The molecule has 0 aromatic heterocycles. The van der Waals surface area contributed by atoms with E-state index in [1.807, 2.05) is 29.2 Å². The van der Waals surface area contributed by atoms with Gasteiger partial charge < -0.3 is 10.2 Å². The van der Waals surface area contributed by atoms with Crippen molar-refractivity contribution in [3.63, 3.8) is 0 Å². The summed E-state index contributed by atoms with van der Waals surface area (Å²) in [6, 6.07) is 7.80. The molecule has 0 unspecified atom stereocenters. The van der Waals surface area contributed by atoms with E-state index in [2.05, 4.69) is 10.2 Å². The molecular weight excluding hydrogens is 408 g/mol. The number of hydroxylamine groups is 1. The fourth-order valence-corrected chi connectivity index (χ4v) is 5.05. The molecule has 9 nitrogen and oxygen atoms in total. The molecule has 3 rings (SSSR count). The molecule has 0 atom stereocenters. The van der Waals surface area contributed by atoms with E-state index in [-0.39, 0.29) is 30.0 Å². The average molecular weight is 437 g/mol. The van der Waals surface area contributed by atoms with Gasteiger partial charge in [0.1, 0.15) is 0 Å². The Morgan fingerprint density at radius 2 is 1.77 bits per heavy atom. The van der Waals surface area contributed by atoms with Crippen molar-refractivity contribution >= 4 is 33.4 Å². The molecule has 0 radical (unpaired) electrons. The molecule has 2 amide bonds. The van der Waals surface area contributed by atoms with Gasteiger partial charge in [-0.15, -0.1) is 0 Å². The van der Waals surface area contributed by atoms with E-state index in [9.17, 15) is 18.0 Å². The number of nitrogens with one attached hydrogen (secondary N) is 2. The van der Waals surface area contributed by atoms with Gasteiger partial charge in [0, 0.05) is 44.0 Å². The number of para-hydroxylation sites is 1. The molecular formula is C20H28N4O5S. The largest absolute Gasteiger partial charge is 0.371 e. The van der Waals surface area contributed by atoms with Gasteiger partial charge in [-0.25, -0.2) is 13.9 Å². The number of hydrogen-bond donors (Lipinski definition) is 3. The molecule has 2 saturated heterocycles. The van der Waals surface area contributed by atoms with E-state index in [1.165, 1.54) is 6.08 Å². The predicted octanol–water partition coefficient (Wildman–Crippen LogP) is 0.0206. The number of rotatable bonds is 6. The second-order valence-electron chi connectivity index (χ2n) is 7.63. The second kappa shape index (κ2) is 10.1. The third kappa shape index (κ3) is 6.28. The van der Waals surface area contributed by atoms with E-state index in [0.717, 1.165) is 37.2 Å². The van der Waals surface area contributed by atoms with Crippen LogP contribution in [0.2, 0.25) is 0 Å². The van der Waals surface area contributed by atoms with E-state index < -0.39 is 15.7 Å². The summed E-state index contributed by atoms with van der Waals surface area (Å²) in [5.74, 6) is -0.414. The van der Waals surface area contributed by atoms with Gasteiger partial charge >= 0.3 is 0 Å². The number of nitrogens with zero attached hydrogens (tertiary/aromatic N) is 2. The van der Waals surface area contributed by atoms with Crippen molar-refractivity contribution in [1.82, 2.24) is 15.7 Å². The van der Waals surface area contributed by atoms with Crippen LogP contribution in [0.1, 0.15) is 18.4 Å². The first-order chi connectivity index (χ1) is 14.4. The maximum absolute atomic E-state index is 12.3. The van der Waals surface area contributed by atoms with Crippen molar-refractivity contribution in [3.8, 4) is 0 Å². The van der Waals surface area contributed by atoms with Crippen LogP contribution >= 0.6 is 0 Å². The van der Waals surface area contributed by atoms with Crippen molar-refractivity contribution in [2.24, 2.45) is 0 Å². The molecule has 2 aliphatic heterocycles. The van der Waals surface area contributed by atoms with Gasteiger partial charge in [0.15, 0.2) is 9.84 Å². The van der Waals surface area contributed by atoms with Crippen molar-refractivity contribution in [2.75, 3.05) is 49.1 Å². The summed E-state index contributed by atoms with van der Waals surface area (Å²) < 4.78 is 23.0. The van der Waals surface area contributed by atoms with E-state index in [0.29, 0.717) is 13.1 Å². The third-order valence-corrected chi connectivity index (χ3v) is 7.08. The average Bonchev–Trinajstić information content (AvgIpc) is 2.74. The van der Waals surface area contributed by atoms with Gasteiger partial charge in [-0.3, -0.25) is 19.7 Å². The molecule has 164 valence electrons. The quantitative estimate of drug-likeness (QED) is 0.327. The zero-order chi connectivity index (χ0) is 21.6. The summed E-state index contributed by atoms with van der Waals surface area (Å²) >= 11 is 0. The highest BCUT2D eigenvalue weighted by Gasteiger charge is 2.25. The van der Waals surface area contributed by atoms with Crippen LogP contribution in [-0.4, -0.2) is 80.6 Å². The van der Waals surface area contributed by atoms with Crippen molar-refractivity contribution in [2.45, 2.75) is 18.9 Å². The van der Waals surface area contributed by atoms with Crippen LogP contribution in [0.4, 0.5) is 5.69 Å². The van der Waals surface area contributed by atoms with E-state index in [4.69, 9.17) is 5.21 Å². The number of carbonyl (C=O) groups excluding carboxylic acids is 2. The monoisotopic (exact) mass is 436 g/mol.